The van der Waals surface area contributed by atoms with Crippen molar-refractivity contribution in [3.05, 3.63) is 64.1 Å². The summed E-state index contributed by atoms with van der Waals surface area (Å²) in [6.07, 6.45) is 8.99. The molecule has 0 nitrogen and oxygen atoms in total. The van der Waals surface area contributed by atoms with Crippen molar-refractivity contribution in [1.29, 1.82) is 0 Å². The maximum atomic E-state index is 2.30. The molecule has 0 aliphatic carbocycles. The molecule has 0 atom stereocenters. The fourth-order valence-electron chi connectivity index (χ4n) is 2.01. The van der Waals surface area contributed by atoms with Crippen LogP contribution in [0.15, 0.2) is 63.4 Å². The summed E-state index contributed by atoms with van der Waals surface area (Å²) in [5.41, 5.74) is 4.25. The van der Waals surface area contributed by atoms with E-state index in [1.54, 1.807) is 0 Å². The molecule has 0 saturated carbocycles. The highest BCUT2D eigenvalue weighted by Gasteiger charge is 2.15. The maximum Gasteiger partial charge on any atom is 0.0157 e. The lowest BCUT2D eigenvalue weighted by Gasteiger charge is -2.19. The van der Waals surface area contributed by atoms with Crippen LogP contribution in [-0.2, 0) is 6.42 Å². The van der Waals surface area contributed by atoms with E-state index in [2.05, 4.69) is 63.3 Å². The Morgan fingerprint density at radius 1 is 1.28 bits per heavy atom. The van der Waals surface area contributed by atoms with E-state index in [-0.39, 0.29) is 0 Å². The summed E-state index contributed by atoms with van der Waals surface area (Å²) in [5.74, 6) is 0. The Hall–Kier alpha value is -1.21. The molecule has 0 unspecified atom stereocenters. The van der Waals surface area contributed by atoms with E-state index in [1.807, 2.05) is 11.8 Å². The average Bonchev–Trinajstić information content (AvgIpc) is 2.35. The monoisotopic (exact) mass is 256 g/mol. The van der Waals surface area contributed by atoms with Gasteiger partial charge in [-0.3, -0.25) is 0 Å². The molecule has 1 aliphatic heterocycles. The quantitative estimate of drug-likeness (QED) is 0.686. The summed E-state index contributed by atoms with van der Waals surface area (Å²) in [4.78, 5) is 2.80. The highest BCUT2D eigenvalue weighted by molar-refractivity contribution is 8.03. The van der Waals surface area contributed by atoms with Crippen LogP contribution in [0.4, 0.5) is 0 Å². The molecule has 0 aromatic heterocycles. The first-order valence-corrected chi connectivity index (χ1v) is 7.32. The molecule has 2 rings (SSSR count). The fourth-order valence-corrected chi connectivity index (χ4v) is 3.23. The van der Waals surface area contributed by atoms with Gasteiger partial charge in [-0.1, -0.05) is 54.6 Å². The molecule has 1 aromatic rings. The van der Waals surface area contributed by atoms with Gasteiger partial charge in [-0.25, -0.2) is 0 Å². The molecule has 1 heterocycles. The number of hydrogen-bond donors (Lipinski definition) is 0. The Kier molecular flexibility index (Phi) is 4.48. The van der Waals surface area contributed by atoms with Gasteiger partial charge in [0, 0.05) is 9.80 Å². The first-order valence-electron chi connectivity index (χ1n) is 6.51. The van der Waals surface area contributed by atoms with Crippen LogP contribution in [0.5, 0.6) is 0 Å². The van der Waals surface area contributed by atoms with Crippen molar-refractivity contribution in [2.75, 3.05) is 0 Å². The second-order valence-electron chi connectivity index (χ2n) is 4.81. The minimum absolute atomic E-state index is 1.05. The van der Waals surface area contributed by atoms with Gasteiger partial charge in [0.15, 0.2) is 0 Å². The van der Waals surface area contributed by atoms with Crippen molar-refractivity contribution in [3.63, 3.8) is 0 Å². The Labute approximate surface area is 114 Å². The Morgan fingerprint density at radius 2 is 2.06 bits per heavy atom. The average molecular weight is 256 g/mol. The largest absolute Gasteiger partial charge is 0.0895 e. The van der Waals surface area contributed by atoms with Crippen molar-refractivity contribution < 1.29 is 0 Å². The third-order valence-corrected chi connectivity index (χ3v) is 4.08. The topological polar surface area (TPSA) is 0 Å². The van der Waals surface area contributed by atoms with E-state index < -0.39 is 0 Å². The van der Waals surface area contributed by atoms with Gasteiger partial charge in [0.1, 0.15) is 0 Å². The molecule has 0 radical (unpaired) electrons. The van der Waals surface area contributed by atoms with Gasteiger partial charge >= 0.3 is 0 Å². The minimum Gasteiger partial charge on any atom is -0.0895 e. The second kappa shape index (κ2) is 6.10. The van der Waals surface area contributed by atoms with Gasteiger partial charge in [-0.05, 0) is 50.0 Å². The third-order valence-electron chi connectivity index (χ3n) is 2.86. The van der Waals surface area contributed by atoms with Gasteiger partial charge in [0.05, 0.1) is 0 Å². The zero-order valence-electron chi connectivity index (χ0n) is 11.4. The van der Waals surface area contributed by atoms with Crippen LogP contribution in [0.3, 0.4) is 0 Å². The predicted molar refractivity (Wildman–Crippen MR) is 81.9 cm³/mol. The van der Waals surface area contributed by atoms with Gasteiger partial charge in [0.2, 0.25) is 0 Å². The van der Waals surface area contributed by atoms with E-state index in [0.717, 1.165) is 12.8 Å². The first kappa shape index (κ1) is 13.2. The zero-order valence-corrected chi connectivity index (χ0v) is 12.2. The first-order chi connectivity index (χ1) is 8.70. The number of hydrogen-bond acceptors (Lipinski definition) is 1. The second-order valence-corrected chi connectivity index (χ2v) is 5.89. The molecular formula is C17H20S. The molecule has 94 valence electrons. The molecule has 1 aromatic carbocycles. The van der Waals surface area contributed by atoms with Gasteiger partial charge in [-0.2, -0.15) is 0 Å². The molecule has 1 aliphatic rings. The lowest BCUT2D eigenvalue weighted by molar-refractivity contribution is 1.10. The highest BCUT2D eigenvalue weighted by Crippen LogP contribution is 2.39. The number of fused-ring (bicyclic) bond motifs is 1. The Morgan fingerprint density at radius 3 is 2.78 bits per heavy atom. The van der Waals surface area contributed by atoms with Gasteiger partial charge < -0.3 is 0 Å². The molecular weight excluding hydrogens is 236 g/mol. The SMILES string of the molecule is CC/C=C\C1=C(C=C(C)C)Sc2ccccc2C1. The number of allylic oxidation sites excluding steroid dienone is 5. The molecule has 0 fully saturated rings. The van der Waals surface area contributed by atoms with E-state index in [4.69, 9.17) is 0 Å². The number of rotatable bonds is 3. The van der Waals surface area contributed by atoms with Crippen LogP contribution in [-0.4, -0.2) is 0 Å². The number of thioether (sulfide) groups is 1. The normalized spacial score (nSPS) is 14.8. The van der Waals surface area contributed by atoms with Crippen LogP contribution in [0.1, 0.15) is 32.8 Å². The fraction of sp³-hybridized carbons (Fsp3) is 0.294. The molecule has 0 N–H and O–H groups in total. The predicted octanol–water partition coefficient (Wildman–Crippen LogP) is 5.52. The van der Waals surface area contributed by atoms with Gasteiger partial charge in [-0.15, -0.1) is 0 Å². The van der Waals surface area contributed by atoms with Crippen LogP contribution in [0, 0.1) is 0 Å². The number of benzene rings is 1. The summed E-state index contributed by atoms with van der Waals surface area (Å²) >= 11 is 1.90. The summed E-state index contributed by atoms with van der Waals surface area (Å²) in [7, 11) is 0. The summed E-state index contributed by atoms with van der Waals surface area (Å²) in [6, 6.07) is 8.71. The molecule has 18 heavy (non-hydrogen) atoms. The maximum absolute atomic E-state index is 2.30. The van der Waals surface area contributed by atoms with Crippen LogP contribution in [0.2, 0.25) is 0 Å². The van der Waals surface area contributed by atoms with Crippen molar-refractivity contribution in [1.82, 2.24) is 0 Å². The van der Waals surface area contributed by atoms with Gasteiger partial charge in [0.25, 0.3) is 0 Å². The van der Waals surface area contributed by atoms with Crippen LogP contribution < -0.4 is 0 Å². The smallest absolute Gasteiger partial charge is 0.0157 e. The minimum atomic E-state index is 1.05. The molecule has 0 amide bonds. The van der Waals surface area contributed by atoms with Crippen LogP contribution >= 0.6 is 11.8 Å². The molecule has 0 spiro atoms. The van der Waals surface area contributed by atoms with Crippen molar-refractivity contribution in [2.45, 2.75) is 38.5 Å². The van der Waals surface area contributed by atoms with Crippen molar-refractivity contribution >= 4 is 11.8 Å². The summed E-state index contributed by atoms with van der Waals surface area (Å²) < 4.78 is 0. The molecule has 0 bridgehead atoms. The Balaban J connectivity index is 2.39. The van der Waals surface area contributed by atoms with E-state index >= 15 is 0 Å². The Bertz CT molecular complexity index is 514. The zero-order chi connectivity index (χ0) is 13.0. The lowest BCUT2D eigenvalue weighted by atomic mass is 10.0. The van der Waals surface area contributed by atoms with Crippen molar-refractivity contribution in [3.8, 4) is 0 Å². The van der Waals surface area contributed by atoms with E-state index in [0.29, 0.717) is 0 Å². The van der Waals surface area contributed by atoms with E-state index in [9.17, 15) is 0 Å². The standard InChI is InChI=1S/C17H20S/c1-4-5-8-15-12-14-9-6-7-10-16(14)18-17(15)11-13(2)3/h5-11H,4,12H2,1-3H3/b8-5-. The third kappa shape index (κ3) is 3.17. The summed E-state index contributed by atoms with van der Waals surface area (Å²) in [6.45, 7) is 6.51. The lowest BCUT2D eigenvalue weighted by Crippen LogP contribution is -1.99. The van der Waals surface area contributed by atoms with Crippen molar-refractivity contribution in [2.24, 2.45) is 0 Å². The summed E-state index contributed by atoms with van der Waals surface area (Å²) in [5, 5.41) is 0. The van der Waals surface area contributed by atoms with Crippen LogP contribution in [0.25, 0.3) is 0 Å². The highest BCUT2D eigenvalue weighted by atomic mass is 32.2. The molecule has 1 heteroatoms. The van der Waals surface area contributed by atoms with E-state index in [1.165, 1.54) is 26.5 Å². The molecule has 0 saturated heterocycles.